The van der Waals surface area contributed by atoms with Gasteiger partial charge in [0.15, 0.2) is 6.61 Å². The molecule has 0 aliphatic rings. The molecule has 0 spiro atoms. The molecule has 0 saturated carbocycles. The molecule has 0 aromatic heterocycles. The van der Waals surface area contributed by atoms with Gasteiger partial charge in [-0.05, 0) is 30.3 Å². The third kappa shape index (κ3) is 4.34. The van der Waals surface area contributed by atoms with E-state index < -0.39 is 0 Å². The topological polar surface area (TPSA) is 35.5 Å². The fourth-order valence-corrected chi connectivity index (χ4v) is 2.34. The highest BCUT2D eigenvalue weighted by Gasteiger charge is 2.03. The van der Waals surface area contributed by atoms with Gasteiger partial charge in [0.05, 0.1) is 7.11 Å². The average Bonchev–Trinajstić information content (AvgIpc) is 2.46. The number of rotatable bonds is 5. The van der Waals surface area contributed by atoms with E-state index in [1.165, 1.54) is 7.11 Å². The Morgan fingerprint density at radius 3 is 2.53 bits per heavy atom. The van der Waals surface area contributed by atoms with Crippen molar-refractivity contribution < 1.29 is 14.3 Å². The Balaban J connectivity index is 2.01. The molecule has 0 saturated heterocycles. The number of carbonyl (C=O) groups excluding carboxylic acids is 1. The first-order valence-corrected chi connectivity index (χ1v) is 6.62. The maximum absolute atomic E-state index is 11.0. The number of carbonyl (C=O) groups is 1. The Bertz CT molecular complexity index is 540. The highest BCUT2D eigenvalue weighted by Crippen LogP contribution is 2.29. The van der Waals surface area contributed by atoms with Gasteiger partial charge in [-0.15, -0.1) is 0 Å². The fraction of sp³-hybridized carbons (Fsp3) is 0.133. The molecular weight excluding hydrogens is 260 g/mol. The molecule has 0 N–H and O–H groups in total. The summed E-state index contributed by atoms with van der Waals surface area (Å²) in [6, 6.07) is 17.7. The monoisotopic (exact) mass is 274 g/mol. The molecule has 2 aromatic rings. The van der Waals surface area contributed by atoms with Crippen LogP contribution in [0.5, 0.6) is 5.75 Å². The van der Waals surface area contributed by atoms with Crippen molar-refractivity contribution in [1.82, 2.24) is 0 Å². The van der Waals surface area contributed by atoms with E-state index in [0.717, 1.165) is 9.79 Å². The second-order valence-electron chi connectivity index (χ2n) is 3.75. The second kappa shape index (κ2) is 6.85. The van der Waals surface area contributed by atoms with Gasteiger partial charge in [-0.3, -0.25) is 0 Å². The highest BCUT2D eigenvalue weighted by atomic mass is 32.2. The summed E-state index contributed by atoms with van der Waals surface area (Å²) in [5.41, 5.74) is 0. The molecule has 3 nitrogen and oxygen atoms in total. The Hall–Kier alpha value is -1.94. The lowest BCUT2D eigenvalue weighted by Gasteiger charge is -2.06. The Kier molecular flexibility index (Phi) is 4.86. The van der Waals surface area contributed by atoms with Crippen LogP contribution >= 0.6 is 11.8 Å². The summed E-state index contributed by atoms with van der Waals surface area (Å²) in [5, 5.41) is 0. The van der Waals surface area contributed by atoms with Crippen LogP contribution in [0.15, 0.2) is 64.4 Å². The Morgan fingerprint density at radius 1 is 1.05 bits per heavy atom. The van der Waals surface area contributed by atoms with Crippen molar-refractivity contribution >= 4 is 17.7 Å². The number of methoxy groups -OCH3 is 1. The van der Waals surface area contributed by atoms with E-state index in [4.69, 9.17) is 4.74 Å². The van der Waals surface area contributed by atoms with E-state index in [2.05, 4.69) is 4.74 Å². The SMILES string of the molecule is COC(=O)COc1cccc(Sc2ccccc2)c1. The maximum Gasteiger partial charge on any atom is 0.343 e. The van der Waals surface area contributed by atoms with Gasteiger partial charge in [0.1, 0.15) is 5.75 Å². The second-order valence-corrected chi connectivity index (χ2v) is 4.90. The Labute approximate surface area is 116 Å². The lowest BCUT2D eigenvalue weighted by atomic mass is 10.3. The van der Waals surface area contributed by atoms with Crippen molar-refractivity contribution in [2.75, 3.05) is 13.7 Å². The van der Waals surface area contributed by atoms with Crippen molar-refractivity contribution in [3.63, 3.8) is 0 Å². The van der Waals surface area contributed by atoms with Gasteiger partial charge >= 0.3 is 5.97 Å². The third-order valence-corrected chi connectivity index (χ3v) is 3.37. The molecule has 4 heteroatoms. The zero-order valence-corrected chi connectivity index (χ0v) is 11.4. The van der Waals surface area contributed by atoms with Gasteiger partial charge in [-0.1, -0.05) is 36.0 Å². The first-order chi connectivity index (χ1) is 9.28. The molecule has 0 bridgehead atoms. The zero-order valence-electron chi connectivity index (χ0n) is 10.5. The number of hydrogen-bond acceptors (Lipinski definition) is 4. The molecule has 0 aliphatic heterocycles. The van der Waals surface area contributed by atoms with Crippen molar-refractivity contribution in [2.45, 2.75) is 9.79 Å². The number of ether oxygens (including phenoxy) is 2. The van der Waals surface area contributed by atoms with E-state index in [1.54, 1.807) is 11.8 Å². The summed E-state index contributed by atoms with van der Waals surface area (Å²) < 4.78 is 9.88. The van der Waals surface area contributed by atoms with Crippen LogP contribution in [0, 0.1) is 0 Å². The van der Waals surface area contributed by atoms with Crippen LogP contribution in [0.3, 0.4) is 0 Å². The molecule has 98 valence electrons. The van der Waals surface area contributed by atoms with Crippen LogP contribution in [0.25, 0.3) is 0 Å². The van der Waals surface area contributed by atoms with Crippen LogP contribution in [0.1, 0.15) is 0 Å². The molecule has 19 heavy (non-hydrogen) atoms. The van der Waals surface area contributed by atoms with Gasteiger partial charge in [-0.25, -0.2) is 4.79 Å². The van der Waals surface area contributed by atoms with E-state index in [-0.39, 0.29) is 12.6 Å². The van der Waals surface area contributed by atoms with Crippen LogP contribution in [0.2, 0.25) is 0 Å². The van der Waals surface area contributed by atoms with Gasteiger partial charge in [0.2, 0.25) is 0 Å². The van der Waals surface area contributed by atoms with Crippen LogP contribution in [0.4, 0.5) is 0 Å². The van der Waals surface area contributed by atoms with Gasteiger partial charge in [-0.2, -0.15) is 0 Å². The molecule has 0 atom stereocenters. The van der Waals surface area contributed by atoms with Crippen molar-refractivity contribution in [1.29, 1.82) is 0 Å². The molecule has 2 aromatic carbocycles. The number of esters is 1. The van der Waals surface area contributed by atoms with E-state index >= 15 is 0 Å². The summed E-state index contributed by atoms with van der Waals surface area (Å²) in [4.78, 5) is 13.2. The van der Waals surface area contributed by atoms with Gasteiger partial charge in [0.25, 0.3) is 0 Å². The predicted octanol–water partition coefficient (Wildman–Crippen LogP) is 3.39. The van der Waals surface area contributed by atoms with Crippen molar-refractivity contribution in [3.8, 4) is 5.75 Å². The normalized spacial score (nSPS) is 9.95. The Morgan fingerprint density at radius 2 is 1.79 bits per heavy atom. The minimum atomic E-state index is -0.388. The smallest absolute Gasteiger partial charge is 0.343 e. The molecule has 0 heterocycles. The van der Waals surface area contributed by atoms with Crippen molar-refractivity contribution in [3.05, 3.63) is 54.6 Å². The van der Waals surface area contributed by atoms with Crippen LogP contribution in [-0.4, -0.2) is 19.7 Å². The first-order valence-electron chi connectivity index (χ1n) is 5.80. The van der Waals surface area contributed by atoms with E-state index in [1.807, 2.05) is 54.6 Å². The first kappa shape index (κ1) is 13.5. The largest absolute Gasteiger partial charge is 0.482 e. The summed E-state index contributed by atoms with van der Waals surface area (Å²) >= 11 is 1.65. The minimum Gasteiger partial charge on any atom is -0.482 e. The molecule has 0 radical (unpaired) electrons. The maximum atomic E-state index is 11.0. The number of benzene rings is 2. The average molecular weight is 274 g/mol. The van der Waals surface area contributed by atoms with E-state index in [9.17, 15) is 4.79 Å². The molecule has 2 rings (SSSR count). The molecule has 0 amide bonds. The molecular formula is C15H14O3S. The summed E-state index contributed by atoms with van der Waals surface area (Å²) in [6.45, 7) is -0.0735. The van der Waals surface area contributed by atoms with Gasteiger partial charge in [0, 0.05) is 9.79 Å². The van der Waals surface area contributed by atoms with Crippen LogP contribution in [-0.2, 0) is 9.53 Å². The summed E-state index contributed by atoms with van der Waals surface area (Å²) in [5.74, 6) is 0.271. The zero-order chi connectivity index (χ0) is 13.5. The quantitative estimate of drug-likeness (QED) is 0.783. The highest BCUT2D eigenvalue weighted by molar-refractivity contribution is 7.99. The van der Waals surface area contributed by atoms with E-state index in [0.29, 0.717) is 5.75 Å². The van der Waals surface area contributed by atoms with Gasteiger partial charge < -0.3 is 9.47 Å². The lowest BCUT2D eigenvalue weighted by molar-refractivity contribution is -0.142. The number of hydrogen-bond donors (Lipinski definition) is 0. The molecule has 0 unspecified atom stereocenters. The summed E-state index contributed by atoms with van der Waals surface area (Å²) in [7, 11) is 1.34. The third-order valence-electron chi connectivity index (χ3n) is 2.37. The minimum absolute atomic E-state index is 0.0735. The summed E-state index contributed by atoms with van der Waals surface area (Å²) in [6.07, 6.45) is 0. The molecule has 0 fully saturated rings. The van der Waals surface area contributed by atoms with Crippen molar-refractivity contribution in [2.24, 2.45) is 0 Å². The van der Waals surface area contributed by atoms with Crippen LogP contribution < -0.4 is 4.74 Å². The molecule has 0 aliphatic carbocycles. The standard InChI is InChI=1S/C15H14O3S/c1-17-15(16)11-18-12-6-5-9-14(10-12)19-13-7-3-2-4-8-13/h2-10H,11H2,1H3. The fourth-order valence-electron chi connectivity index (χ4n) is 1.45. The predicted molar refractivity (Wildman–Crippen MR) is 74.5 cm³/mol. The lowest BCUT2D eigenvalue weighted by Crippen LogP contribution is -2.12.